The molecule has 0 aliphatic carbocycles. The summed E-state index contributed by atoms with van der Waals surface area (Å²) in [7, 11) is -3.57. The topological polar surface area (TPSA) is 58.2 Å². The van der Waals surface area contributed by atoms with E-state index in [9.17, 15) is 12.8 Å². The highest BCUT2D eigenvalue weighted by atomic mass is 35.5. The van der Waals surface area contributed by atoms with Crippen LogP contribution in [0.1, 0.15) is 30.4 Å². The number of nitrogens with one attached hydrogen (secondary N) is 2. The van der Waals surface area contributed by atoms with Gasteiger partial charge in [-0.25, -0.2) is 17.5 Å². The number of aryl methyl sites for hydroxylation is 2. The van der Waals surface area contributed by atoms with Crippen LogP contribution in [0.4, 0.5) is 4.39 Å². The molecule has 0 radical (unpaired) electrons. The molecule has 0 bridgehead atoms. The monoisotopic (exact) mass is 336 g/mol. The van der Waals surface area contributed by atoms with Crippen molar-refractivity contribution in [3.05, 3.63) is 29.1 Å². The largest absolute Gasteiger partial charge is 0.314 e. The van der Waals surface area contributed by atoms with E-state index < -0.39 is 15.8 Å². The van der Waals surface area contributed by atoms with E-state index >= 15 is 0 Å². The molecule has 4 nitrogen and oxygen atoms in total. The fourth-order valence-corrected chi connectivity index (χ4v) is 4.26. The van der Waals surface area contributed by atoms with Gasteiger partial charge >= 0.3 is 0 Å². The molecule has 1 heterocycles. The third-order valence-electron chi connectivity index (χ3n) is 3.64. The number of hydrogen-bond donors (Lipinski definition) is 2. The summed E-state index contributed by atoms with van der Waals surface area (Å²) in [6.45, 7) is 4.64. The summed E-state index contributed by atoms with van der Waals surface area (Å²) >= 11 is 0. The molecule has 1 aliphatic rings. The van der Waals surface area contributed by atoms with Crippen molar-refractivity contribution >= 4 is 22.4 Å². The maximum absolute atomic E-state index is 13.2. The molecule has 0 spiro atoms. The summed E-state index contributed by atoms with van der Waals surface area (Å²) in [6, 6.07) is 2.90. The first-order valence-corrected chi connectivity index (χ1v) is 8.38. The zero-order chi connectivity index (χ0) is 14.8. The Morgan fingerprint density at radius 3 is 2.48 bits per heavy atom. The molecule has 1 aromatic rings. The molecule has 0 saturated carbocycles. The summed E-state index contributed by atoms with van der Waals surface area (Å²) in [6.07, 6.45) is 3.02. The maximum Gasteiger partial charge on any atom is 0.241 e. The van der Waals surface area contributed by atoms with E-state index in [-0.39, 0.29) is 17.3 Å². The second kappa shape index (κ2) is 7.54. The van der Waals surface area contributed by atoms with Crippen LogP contribution in [0.3, 0.4) is 0 Å². The predicted molar refractivity (Wildman–Crippen MR) is 84.0 cm³/mol. The van der Waals surface area contributed by atoms with Crippen LogP contribution in [0, 0.1) is 19.7 Å². The summed E-state index contributed by atoms with van der Waals surface area (Å²) in [5, 5.41) is 3.33. The third kappa shape index (κ3) is 4.64. The highest BCUT2D eigenvalue weighted by Crippen LogP contribution is 2.21. The van der Waals surface area contributed by atoms with Gasteiger partial charge in [0.15, 0.2) is 0 Å². The molecule has 1 atom stereocenters. The molecular weight excluding hydrogens is 315 g/mol. The zero-order valence-electron chi connectivity index (χ0n) is 12.3. The van der Waals surface area contributed by atoms with Crippen molar-refractivity contribution in [1.29, 1.82) is 0 Å². The predicted octanol–water partition coefficient (Wildman–Crippen LogP) is 2.28. The van der Waals surface area contributed by atoms with Crippen molar-refractivity contribution in [2.75, 3.05) is 13.1 Å². The van der Waals surface area contributed by atoms with E-state index in [1.807, 2.05) is 0 Å². The van der Waals surface area contributed by atoms with Crippen molar-refractivity contribution in [1.82, 2.24) is 10.0 Å². The van der Waals surface area contributed by atoms with Gasteiger partial charge in [-0.3, -0.25) is 0 Å². The summed E-state index contributed by atoms with van der Waals surface area (Å²) in [5.74, 6) is -0.408. The second-order valence-electron chi connectivity index (χ2n) is 5.35. The van der Waals surface area contributed by atoms with E-state index in [4.69, 9.17) is 0 Å². The first-order valence-electron chi connectivity index (χ1n) is 6.90. The van der Waals surface area contributed by atoms with Crippen LogP contribution in [0.2, 0.25) is 0 Å². The Morgan fingerprint density at radius 2 is 1.95 bits per heavy atom. The van der Waals surface area contributed by atoms with Gasteiger partial charge in [0.1, 0.15) is 5.82 Å². The molecule has 0 amide bonds. The van der Waals surface area contributed by atoms with Gasteiger partial charge < -0.3 is 5.32 Å². The maximum atomic E-state index is 13.2. The number of rotatable bonds is 5. The van der Waals surface area contributed by atoms with Gasteiger partial charge in [-0.15, -0.1) is 12.4 Å². The van der Waals surface area contributed by atoms with Crippen molar-refractivity contribution in [3.8, 4) is 0 Å². The van der Waals surface area contributed by atoms with E-state index in [0.29, 0.717) is 23.7 Å². The Labute approximate surface area is 132 Å². The van der Waals surface area contributed by atoms with Crippen LogP contribution >= 0.6 is 12.4 Å². The molecule has 2 N–H and O–H groups in total. The molecule has 0 aromatic heterocycles. The van der Waals surface area contributed by atoms with E-state index in [2.05, 4.69) is 10.0 Å². The summed E-state index contributed by atoms with van der Waals surface area (Å²) in [4.78, 5) is 0.193. The van der Waals surface area contributed by atoms with Gasteiger partial charge in [0, 0.05) is 12.6 Å². The Hall–Kier alpha value is -0.690. The van der Waals surface area contributed by atoms with Crippen LogP contribution in [-0.4, -0.2) is 27.5 Å². The average Bonchev–Trinajstić information content (AvgIpc) is 2.79. The van der Waals surface area contributed by atoms with Gasteiger partial charge in [-0.1, -0.05) is 0 Å². The molecule has 0 unspecified atom stereocenters. The van der Waals surface area contributed by atoms with Gasteiger partial charge in [-0.05, 0) is 62.9 Å². The fourth-order valence-electron chi connectivity index (χ4n) is 2.76. The van der Waals surface area contributed by atoms with Crippen LogP contribution in [0.25, 0.3) is 0 Å². The van der Waals surface area contributed by atoms with Crippen LogP contribution in [0.15, 0.2) is 17.0 Å². The molecular formula is C14H22ClFN2O2S. The summed E-state index contributed by atoms with van der Waals surface area (Å²) in [5.41, 5.74) is 0.878. The van der Waals surface area contributed by atoms with E-state index in [0.717, 1.165) is 25.8 Å². The Balaban J connectivity index is 0.00000220. The van der Waals surface area contributed by atoms with Crippen molar-refractivity contribution in [2.24, 2.45) is 0 Å². The standard InChI is InChI=1S/C14H21FN2O2S.ClH/c1-10-8-12(15)9-11(2)14(10)20(18,19)17-7-5-13-4-3-6-16-13;/h8-9,13,16-17H,3-7H2,1-2H3;1H/t13-;/m1./s1. The normalized spacial score (nSPS) is 18.5. The highest BCUT2D eigenvalue weighted by Gasteiger charge is 2.21. The number of hydrogen-bond acceptors (Lipinski definition) is 3. The molecule has 1 fully saturated rings. The zero-order valence-corrected chi connectivity index (χ0v) is 13.9. The van der Waals surface area contributed by atoms with Gasteiger partial charge in [-0.2, -0.15) is 0 Å². The minimum absolute atomic E-state index is 0. The Morgan fingerprint density at radius 1 is 1.33 bits per heavy atom. The van der Waals surface area contributed by atoms with E-state index in [1.165, 1.54) is 12.1 Å². The number of benzene rings is 1. The molecule has 21 heavy (non-hydrogen) atoms. The van der Waals surface area contributed by atoms with Crippen molar-refractivity contribution in [2.45, 2.75) is 44.0 Å². The third-order valence-corrected chi connectivity index (χ3v) is 5.41. The summed E-state index contributed by atoms with van der Waals surface area (Å²) < 4.78 is 40.5. The minimum Gasteiger partial charge on any atom is -0.314 e. The first kappa shape index (κ1) is 18.4. The first-order chi connectivity index (χ1) is 9.40. The number of sulfonamides is 1. The van der Waals surface area contributed by atoms with E-state index in [1.54, 1.807) is 13.8 Å². The SMILES string of the molecule is Cc1cc(F)cc(C)c1S(=O)(=O)NCC[C@H]1CCCN1.Cl. The molecule has 120 valence electrons. The molecule has 2 rings (SSSR count). The van der Waals surface area contributed by atoms with Crippen LogP contribution < -0.4 is 10.0 Å². The lowest BCUT2D eigenvalue weighted by molar-refractivity contribution is 0.539. The van der Waals surface area contributed by atoms with Gasteiger partial charge in [0.2, 0.25) is 10.0 Å². The van der Waals surface area contributed by atoms with Gasteiger partial charge in [0.05, 0.1) is 4.90 Å². The lowest BCUT2D eigenvalue weighted by Crippen LogP contribution is -2.31. The lowest BCUT2D eigenvalue weighted by Gasteiger charge is -2.14. The number of halogens is 2. The molecule has 1 saturated heterocycles. The smallest absolute Gasteiger partial charge is 0.241 e. The molecule has 1 aromatic carbocycles. The fraction of sp³-hybridized carbons (Fsp3) is 0.571. The minimum atomic E-state index is -3.57. The molecule has 1 aliphatic heterocycles. The lowest BCUT2D eigenvalue weighted by atomic mass is 10.1. The van der Waals surface area contributed by atoms with Crippen molar-refractivity contribution in [3.63, 3.8) is 0 Å². The van der Waals surface area contributed by atoms with Gasteiger partial charge in [0.25, 0.3) is 0 Å². The van der Waals surface area contributed by atoms with Crippen LogP contribution in [-0.2, 0) is 10.0 Å². The molecule has 7 heteroatoms. The Kier molecular flexibility index (Phi) is 6.59. The second-order valence-corrected chi connectivity index (χ2v) is 7.05. The average molecular weight is 337 g/mol. The van der Waals surface area contributed by atoms with Crippen molar-refractivity contribution < 1.29 is 12.8 Å². The highest BCUT2D eigenvalue weighted by molar-refractivity contribution is 7.89. The Bertz CT molecular complexity index is 564. The quantitative estimate of drug-likeness (QED) is 0.867. The van der Waals surface area contributed by atoms with Crippen LogP contribution in [0.5, 0.6) is 0 Å².